The Balaban J connectivity index is 2.11. The van der Waals surface area contributed by atoms with Crippen molar-refractivity contribution in [2.45, 2.75) is 38.9 Å². The molecule has 0 radical (unpaired) electrons. The Morgan fingerprint density at radius 3 is 1.74 bits per heavy atom. The quantitative estimate of drug-likeness (QED) is 0.708. The van der Waals surface area contributed by atoms with Crippen molar-refractivity contribution in [3.05, 3.63) is 71.9 Å². The lowest BCUT2D eigenvalue weighted by Crippen LogP contribution is -2.23. The van der Waals surface area contributed by atoms with Gasteiger partial charge in [-0.25, -0.2) is 0 Å². The Bertz CT molecular complexity index is 428. The van der Waals surface area contributed by atoms with Crippen molar-refractivity contribution in [3.8, 4) is 0 Å². The molecule has 19 heavy (non-hydrogen) atoms. The van der Waals surface area contributed by atoms with Gasteiger partial charge in [0.1, 0.15) is 12.2 Å². The number of hydrogen-bond acceptors (Lipinski definition) is 1. The van der Waals surface area contributed by atoms with Gasteiger partial charge in [0.25, 0.3) is 0 Å². The first kappa shape index (κ1) is 13.8. The first-order chi connectivity index (χ1) is 9.35. The Labute approximate surface area is 116 Å². The van der Waals surface area contributed by atoms with E-state index in [4.69, 9.17) is 4.74 Å². The van der Waals surface area contributed by atoms with Crippen LogP contribution in [-0.4, -0.2) is 12.2 Å². The molecule has 2 rings (SSSR count). The van der Waals surface area contributed by atoms with E-state index in [0.717, 1.165) is 12.8 Å². The molecular weight excluding hydrogens is 232 g/mol. The van der Waals surface area contributed by atoms with Gasteiger partial charge in [0.15, 0.2) is 0 Å². The molecule has 0 aliphatic heterocycles. The average Bonchev–Trinajstić information content (AvgIpc) is 2.44. The molecular formula is C18H22O. The highest BCUT2D eigenvalue weighted by Crippen LogP contribution is 2.23. The van der Waals surface area contributed by atoms with Crippen LogP contribution in [0.1, 0.15) is 26.7 Å². The molecule has 2 aliphatic rings. The standard InChI is InChI=1S/C18H22O/c1-3-9-15-11-5-7-13-17(15)19-18-14-8-6-12-16(18)10-4-2/h5-14,17-18H,3-4H2,1-2H3. The predicted octanol–water partition coefficient (Wildman–Crippen LogP) is 4.67. The maximum atomic E-state index is 6.25. The summed E-state index contributed by atoms with van der Waals surface area (Å²) in [7, 11) is 0. The molecule has 0 amide bonds. The average molecular weight is 254 g/mol. The molecule has 0 fully saturated rings. The Hall–Kier alpha value is -1.60. The van der Waals surface area contributed by atoms with Crippen molar-refractivity contribution in [3.63, 3.8) is 0 Å². The molecule has 2 atom stereocenters. The zero-order valence-corrected chi connectivity index (χ0v) is 11.8. The van der Waals surface area contributed by atoms with E-state index in [1.54, 1.807) is 0 Å². The molecule has 0 aromatic rings. The van der Waals surface area contributed by atoms with E-state index in [2.05, 4.69) is 74.6 Å². The highest BCUT2D eigenvalue weighted by atomic mass is 16.5. The second kappa shape index (κ2) is 7.10. The van der Waals surface area contributed by atoms with Crippen LogP contribution in [0, 0.1) is 0 Å². The first-order valence-corrected chi connectivity index (χ1v) is 7.10. The fourth-order valence-corrected chi connectivity index (χ4v) is 2.32. The molecule has 100 valence electrons. The van der Waals surface area contributed by atoms with Gasteiger partial charge < -0.3 is 4.74 Å². The summed E-state index contributed by atoms with van der Waals surface area (Å²) in [6.07, 6.45) is 23.4. The summed E-state index contributed by atoms with van der Waals surface area (Å²) in [5.74, 6) is 0. The summed E-state index contributed by atoms with van der Waals surface area (Å²) in [5, 5.41) is 0. The maximum Gasteiger partial charge on any atom is 0.102 e. The number of ether oxygens (including phenoxy) is 1. The first-order valence-electron chi connectivity index (χ1n) is 7.10. The van der Waals surface area contributed by atoms with Gasteiger partial charge in [-0.1, -0.05) is 74.6 Å². The molecule has 0 bridgehead atoms. The zero-order chi connectivity index (χ0) is 13.5. The highest BCUT2D eigenvalue weighted by molar-refractivity contribution is 5.38. The highest BCUT2D eigenvalue weighted by Gasteiger charge is 2.19. The predicted molar refractivity (Wildman–Crippen MR) is 82.0 cm³/mol. The van der Waals surface area contributed by atoms with Gasteiger partial charge in [-0.2, -0.15) is 0 Å². The molecule has 0 saturated heterocycles. The molecule has 2 aliphatic carbocycles. The van der Waals surface area contributed by atoms with E-state index in [1.165, 1.54) is 11.1 Å². The van der Waals surface area contributed by atoms with E-state index >= 15 is 0 Å². The fourth-order valence-electron chi connectivity index (χ4n) is 2.32. The number of allylic oxidation sites excluding steroid dienone is 6. The molecule has 0 spiro atoms. The lowest BCUT2D eigenvalue weighted by molar-refractivity contribution is 0.0853. The summed E-state index contributed by atoms with van der Waals surface area (Å²) in [6, 6.07) is 0. The van der Waals surface area contributed by atoms with E-state index in [1.807, 2.05) is 0 Å². The Morgan fingerprint density at radius 1 is 0.842 bits per heavy atom. The third kappa shape index (κ3) is 3.68. The van der Waals surface area contributed by atoms with Crippen molar-refractivity contribution < 1.29 is 4.74 Å². The number of hydrogen-bond donors (Lipinski definition) is 0. The lowest BCUT2D eigenvalue weighted by atomic mass is 10.0. The molecule has 0 N–H and O–H groups in total. The minimum absolute atomic E-state index is 0.0614. The maximum absolute atomic E-state index is 6.25. The van der Waals surface area contributed by atoms with Crippen molar-refractivity contribution in [1.29, 1.82) is 0 Å². The monoisotopic (exact) mass is 254 g/mol. The summed E-state index contributed by atoms with van der Waals surface area (Å²) in [6.45, 7) is 4.31. The largest absolute Gasteiger partial charge is 0.357 e. The third-order valence-electron chi connectivity index (χ3n) is 3.20. The van der Waals surface area contributed by atoms with Crippen molar-refractivity contribution >= 4 is 0 Å². The second-order valence-corrected chi connectivity index (χ2v) is 4.69. The van der Waals surface area contributed by atoms with Crippen LogP contribution in [0.3, 0.4) is 0 Å². The van der Waals surface area contributed by atoms with Gasteiger partial charge in [-0.15, -0.1) is 0 Å². The molecule has 1 nitrogen and oxygen atoms in total. The smallest absolute Gasteiger partial charge is 0.102 e. The van der Waals surface area contributed by atoms with E-state index in [-0.39, 0.29) is 12.2 Å². The van der Waals surface area contributed by atoms with Crippen LogP contribution in [0.4, 0.5) is 0 Å². The minimum Gasteiger partial charge on any atom is -0.357 e. The van der Waals surface area contributed by atoms with Gasteiger partial charge in [-0.3, -0.25) is 0 Å². The molecule has 0 aromatic heterocycles. The van der Waals surface area contributed by atoms with E-state index < -0.39 is 0 Å². The fraction of sp³-hybridized carbons (Fsp3) is 0.333. The summed E-state index contributed by atoms with van der Waals surface area (Å²) >= 11 is 0. The molecule has 0 aromatic carbocycles. The van der Waals surface area contributed by atoms with Crippen molar-refractivity contribution in [1.82, 2.24) is 0 Å². The van der Waals surface area contributed by atoms with Gasteiger partial charge in [-0.05, 0) is 24.0 Å². The summed E-state index contributed by atoms with van der Waals surface area (Å²) < 4.78 is 6.25. The van der Waals surface area contributed by atoms with Crippen LogP contribution in [-0.2, 0) is 4.74 Å². The van der Waals surface area contributed by atoms with Crippen molar-refractivity contribution in [2.75, 3.05) is 0 Å². The van der Waals surface area contributed by atoms with Gasteiger partial charge in [0.05, 0.1) is 0 Å². The molecule has 0 saturated carbocycles. The Morgan fingerprint density at radius 2 is 1.32 bits per heavy atom. The topological polar surface area (TPSA) is 9.23 Å². The minimum atomic E-state index is 0.0614. The lowest BCUT2D eigenvalue weighted by Gasteiger charge is -2.25. The van der Waals surface area contributed by atoms with Gasteiger partial charge in [0.2, 0.25) is 0 Å². The van der Waals surface area contributed by atoms with Crippen molar-refractivity contribution in [2.24, 2.45) is 0 Å². The van der Waals surface area contributed by atoms with Crippen LogP contribution in [0.15, 0.2) is 71.9 Å². The normalized spacial score (nSPS) is 29.6. The van der Waals surface area contributed by atoms with E-state index in [0.29, 0.717) is 0 Å². The van der Waals surface area contributed by atoms with Crippen LogP contribution >= 0.6 is 0 Å². The van der Waals surface area contributed by atoms with Crippen LogP contribution in [0.2, 0.25) is 0 Å². The Kier molecular flexibility index (Phi) is 5.17. The van der Waals surface area contributed by atoms with Crippen LogP contribution in [0.5, 0.6) is 0 Å². The number of rotatable bonds is 4. The molecule has 1 heteroatoms. The van der Waals surface area contributed by atoms with Crippen LogP contribution < -0.4 is 0 Å². The second-order valence-electron chi connectivity index (χ2n) is 4.69. The summed E-state index contributed by atoms with van der Waals surface area (Å²) in [4.78, 5) is 0. The SMILES string of the molecule is CCC=C1C=CC=CC1OC1C=CC=CC1=CCC. The summed E-state index contributed by atoms with van der Waals surface area (Å²) in [5.41, 5.74) is 2.51. The molecule has 0 heterocycles. The zero-order valence-electron chi connectivity index (χ0n) is 11.8. The van der Waals surface area contributed by atoms with Gasteiger partial charge in [0, 0.05) is 0 Å². The third-order valence-corrected chi connectivity index (χ3v) is 3.20. The molecule has 2 unspecified atom stereocenters. The van der Waals surface area contributed by atoms with E-state index in [9.17, 15) is 0 Å². The van der Waals surface area contributed by atoms with Crippen LogP contribution in [0.25, 0.3) is 0 Å². The van der Waals surface area contributed by atoms with Gasteiger partial charge >= 0.3 is 0 Å².